The molecule has 0 spiro atoms. The van der Waals surface area contributed by atoms with Crippen LogP contribution in [-0.2, 0) is 6.61 Å². The minimum absolute atomic E-state index is 0.0357. The molecule has 0 bridgehead atoms. The van der Waals surface area contributed by atoms with Crippen LogP contribution in [0, 0.1) is 12.7 Å². The Morgan fingerprint density at radius 3 is 2.92 bits per heavy atom. The number of hydrogen-bond acceptors (Lipinski definition) is 8. The number of rotatable bonds is 7. The van der Waals surface area contributed by atoms with Gasteiger partial charge in [0.15, 0.2) is 0 Å². The molecule has 0 unspecified atom stereocenters. The van der Waals surface area contributed by atoms with E-state index in [1.165, 1.54) is 18.2 Å². The zero-order chi connectivity index (χ0) is 18.5. The Hall–Kier alpha value is -3.27. The second-order valence-corrected chi connectivity index (χ2v) is 5.23. The molecule has 0 aliphatic heterocycles. The lowest BCUT2D eigenvalue weighted by Gasteiger charge is -2.03. The van der Waals surface area contributed by atoms with E-state index in [1.54, 1.807) is 6.92 Å². The Balaban J connectivity index is 1.71. The van der Waals surface area contributed by atoms with E-state index in [-0.39, 0.29) is 31.4 Å². The second kappa shape index (κ2) is 7.74. The van der Waals surface area contributed by atoms with Gasteiger partial charge in [-0.2, -0.15) is 0 Å². The monoisotopic (exact) mass is 362 g/mol. The highest BCUT2D eigenvalue weighted by molar-refractivity contribution is 5.91. The van der Waals surface area contributed by atoms with Gasteiger partial charge in [-0.15, -0.1) is 0 Å². The van der Waals surface area contributed by atoms with Crippen molar-refractivity contribution in [3.63, 3.8) is 0 Å². The van der Waals surface area contributed by atoms with Crippen molar-refractivity contribution < 1.29 is 28.1 Å². The Bertz CT molecular complexity index is 890. The molecule has 3 rings (SSSR count). The third-order valence-corrected chi connectivity index (χ3v) is 3.43. The van der Waals surface area contributed by atoms with Gasteiger partial charge < -0.3 is 24.2 Å². The van der Waals surface area contributed by atoms with Crippen molar-refractivity contribution in [3.8, 4) is 17.3 Å². The maximum atomic E-state index is 13.0. The summed E-state index contributed by atoms with van der Waals surface area (Å²) in [7, 11) is 0. The van der Waals surface area contributed by atoms with Crippen molar-refractivity contribution >= 4 is 5.91 Å². The normalized spacial score (nSPS) is 10.7. The van der Waals surface area contributed by atoms with Crippen LogP contribution in [0.1, 0.15) is 21.9 Å². The van der Waals surface area contributed by atoms with Crippen LogP contribution in [0.5, 0.6) is 5.88 Å². The molecule has 2 N–H and O–H groups in total. The molecule has 9 nitrogen and oxygen atoms in total. The first kappa shape index (κ1) is 17.5. The van der Waals surface area contributed by atoms with Crippen molar-refractivity contribution in [2.24, 2.45) is 0 Å². The van der Waals surface area contributed by atoms with E-state index in [1.807, 2.05) is 0 Å². The van der Waals surface area contributed by atoms with Crippen LogP contribution in [0.15, 0.2) is 33.4 Å². The summed E-state index contributed by atoms with van der Waals surface area (Å²) in [4.78, 5) is 15.7. The largest absolute Gasteiger partial charge is 0.470 e. The number of ether oxygens (including phenoxy) is 1. The SMILES string of the molecule is Cc1onc(-c2ccc(F)cn2)c1COc1cc(C(=O)NCCO)on1. The number of aromatic nitrogens is 3. The summed E-state index contributed by atoms with van der Waals surface area (Å²) in [6.07, 6.45) is 1.08. The molecule has 136 valence electrons. The van der Waals surface area contributed by atoms with Crippen LogP contribution in [0.3, 0.4) is 0 Å². The highest BCUT2D eigenvalue weighted by Gasteiger charge is 2.18. The first-order valence-corrected chi connectivity index (χ1v) is 7.64. The van der Waals surface area contributed by atoms with Crippen LogP contribution < -0.4 is 10.1 Å². The molecule has 0 aliphatic rings. The fourth-order valence-electron chi connectivity index (χ4n) is 2.11. The number of nitrogens with one attached hydrogen (secondary N) is 1. The van der Waals surface area contributed by atoms with E-state index >= 15 is 0 Å². The molecule has 3 aromatic heterocycles. The third-order valence-electron chi connectivity index (χ3n) is 3.43. The number of carbonyl (C=O) groups excluding carboxylic acids is 1. The van der Waals surface area contributed by atoms with Gasteiger partial charge in [-0.05, 0) is 24.2 Å². The van der Waals surface area contributed by atoms with E-state index in [0.717, 1.165) is 6.20 Å². The predicted molar refractivity (Wildman–Crippen MR) is 84.7 cm³/mol. The molecule has 0 saturated heterocycles. The molecule has 3 aromatic rings. The number of carbonyl (C=O) groups is 1. The minimum atomic E-state index is -0.515. The molecular weight excluding hydrogens is 347 g/mol. The summed E-state index contributed by atoms with van der Waals surface area (Å²) in [5.41, 5.74) is 1.47. The molecule has 0 atom stereocenters. The Morgan fingerprint density at radius 1 is 1.35 bits per heavy atom. The number of amides is 1. The van der Waals surface area contributed by atoms with Gasteiger partial charge in [0.25, 0.3) is 11.8 Å². The fourth-order valence-corrected chi connectivity index (χ4v) is 2.11. The Morgan fingerprint density at radius 2 is 2.19 bits per heavy atom. The smallest absolute Gasteiger partial charge is 0.290 e. The first-order chi connectivity index (χ1) is 12.6. The molecule has 1 amide bonds. The average molecular weight is 362 g/mol. The topological polar surface area (TPSA) is 124 Å². The Labute approximate surface area is 146 Å². The van der Waals surface area contributed by atoms with Crippen LogP contribution in [0.4, 0.5) is 4.39 Å². The number of aliphatic hydroxyl groups excluding tert-OH is 1. The Kier molecular flexibility index (Phi) is 5.23. The molecule has 0 aliphatic carbocycles. The number of halogens is 1. The molecule has 0 aromatic carbocycles. The number of aliphatic hydroxyl groups is 1. The number of aryl methyl sites for hydroxylation is 1. The van der Waals surface area contributed by atoms with Gasteiger partial charge in [-0.3, -0.25) is 9.78 Å². The standard InChI is InChI=1S/C16H15FN4O5/c1-9-11(15(21-25-9)12-3-2-10(17)7-19-12)8-24-14-6-13(26-20-14)16(23)18-4-5-22/h2-3,6-7,22H,4-5,8H2,1H3,(H,18,23). The van der Waals surface area contributed by atoms with Gasteiger partial charge in [0.05, 0.1) is 30.1 Å². The molecule has 26 heavy (non-hydrogen) atoms. The zero-order valence-corrected chi connectivity index (χ0v) is 13.7. The van der Waals surface area contributed by atoms with Crippen LogP contribution in [0.2, 0.25) is 0 Å². The van der Waals surface area contributed by atoms with E-state index < -0.39 is 11.7 Å². The molecular formula is C16H15FN4O5. The average Bonchev–Trinajstić information content (AvgIpc) is 3.25. The van der Waals surface area contributed by atoms with Gasteiger partial charge in [-0.25, -0.2) is 4.39 Å². The quantitative estimate of drug-likeness (QED) is 0.648. The molecule has 3 heterocycles. The highest BCUT2D eigenvalue weighted by Crippen LogP contribution is 2.25. The summed E-state index contributed by atoms with van der Waals surface area (Å²) < 4.78 is 28.6. The predicted octanol–water partition coefficient (Wildman–Crippen LogP) is 1.47. The summed E-state index contributed by atoms with van der Waals surface area (Å²) >= 11 is 0. The fraction of sp³-hybridized carbons (Fsp3) is 0.250. The number of pyridine rings is 1. The summed E-state index contributed by atoms with van der Waals surface area (Å²) in [5, 5.41) is 18.7. The summed E-state index contributed by atoms with van der Waals surface area (Å²) in [5.74, 6) is -0.413. The zero-order valence-electron chi connectivity index (χ0n) is 13.7. The number of hydrogen-bond donors (Lipinski definition) is 2. The van der Waals surface area contributed by atoms with Crippen LogP contribution in [0.25, 0.3) is 11.4 Å². The van der Waals surface area contributed by atoms with Gasteiger partial charge in [-0.1, -0.05) is 5.16 Å². The van der Waals surface area contributed by atoms with E-state index in [4.69, 9.17) is 18.9 Å². The van der Waals surface area contributed by atoms with Crippen molar-refractivity contribution in [1.29, 1.82) is 0 Å². The van der Waals surface area contributed by atoms with Crippen molar-refractivity contribution in [3.05, 3.63) is 47.3 Å². The van der Waals surface area contributed by atoms with Gasteiger partial charge in [0, 0.05) is 6.54 Å². The third kappa shape index (κ3) is 3.86. The van der Waals surface area contributed by atoms with Gasteiger partial charge in [0.2, 0.25) is 5.76 Å². The van der Waals surface area contributed by atoms with Crippen molar-refractivity contribution in [1.82, 2.24) is 20.6 Å². The van der Waals surface area contributed by atoms with E-state index in [0.29, 0.717) is 22.7 Å². The van der Waals surface area contributed by atoms with Crippen molar-refractivity contribution in [2.75, 3.05) is 13.2 Å². The maximum absolute atomic E-state index is 13.0. The number of nitrogens with zero attached hydrogens (tertiary/aromatic N) is 3. The lowest BCUT2D eigenvalue weighted by molar-refractivity contribution is 0.0907. The maximum Gasteiger partial charge on any atom is 0.290 e. The van der Waals surface area contributed by atoms with Gasteiger partial charge in [0.1, 0.15) is 23.9 Å². The highest BCUT2D eigenvalue weighted by atomic mass is 19.1. The van der Waals surface area contributed by atoms with E-state index in [9.17, 15) is 9.18 Å². The molecule has 0 fully saturated rings. The lowest BCUT2D eigenvalue weighted by Crippen LogP contribution is -2.25. The minimum Gasteiger partial charge on any atom is -0.470 e. The molecule has 0 radical (unpaired) electrons. The van der Waals surface area contributed by atoms with Crippen LogP contribution in [-0.4, -0.2) is 39.5 Å². The molecule has 0 saturated carbocycles. The lowest BCUT2D eigenvalue weighted by atomic mass is 10.1. The van der Waals surface area contributed by atoms with Crippen molar-refractivity contribution in [2.45, 2.75) is 13.5 Å². The van der Waals surface area contributed by atoms with E-state index in [2.05, 4.69) is 20.6 Å². The van der Waals surface area contributed by atoms with Gasteiger partial charge >= 0.3 is 0 Å². The summed E-state index contributed by atoms with van der Waals surface area (Å²) in [6.45, 7) is 1.66. The molecule has 10 heteroatoms. The summed E-state index contributed by atoms with van der Waals surface area (Å²) in [6, 6.07) is 4.08. The van der Waals surface area contributed by atoms with Crippen LogP contribution >= 0.6 is 0 Å². The first-order valence-electron chi connectivity index (χ1n) is 7.64. The second-order valence-electron chi connectivity index (χ2n) is 5.23.